The van der Waals surface area contributed by atoms with Crippen LogP contribution in [0.2, 0.25) is 0 Å². The van der Waals surface area contributed by atoms with Crippen molar-refractivity contribution in [3.05, 3.63) is 22.7 Å². The second-order valence-electron chi connectivity index (χ2n) is 3.67. The number of aromatic nitrogens is 2. The van der Waals surface area contributed by atoms with Crippen molar-refractivity contribution < 1.29 is 18.7 Å². The van der Waals surface area contributed by atoms with Crippen LogP contribution in [0.5, 0.6) is 0 Å². The van der Waals surface area contributed by atoms with E-state index in [1.165, 1.54) is 0 Å². The van der Waals surface area contributed by atoms with E-state index in [1.807, 2.05) is 0 Å². The predicted octanol–water partition coefficient (Wildman–Crippen LogP) is 1.61. The fourth-order valence-corrected chi connectivity index (χ4v) is 1.67. The minimum atomic E-state index is -0.910. The Morgan fingerprint density at radius 2 is 2.22 bits per heavy atom. The Morgan fingerprint density at radius 3 is 2.83 bits per heavy atom. The maximum Gasteiger partial charge on any atom is 0.317 e. The number of carbonyl (C=O) groups is 1. The highest BCUT2D eigenvalue weighted by atomic mass is 79.9. The first-order valence-electron chi connectivity index (χ1n) is 5.03. The van der Waals surface area contributed by atoms with Gasteiger partial charge in [-0.25, -0.2) is 0 Å². The van der Waals surface area contributed by atoms with Gasteiger partial charge >= 0.3 is 5.97 Å². The van der Waals surface area contributed by atoms with Gasteiger partial charge in [0.2, 0.25) is 5.89 Å². The van der Waals surface area contributed by atoms with Crippen LogP contribution in [0.15, 0.2) is 25.6 Å². The van der Waals surface area contributed by atoms with Gasteiger partial charge in [0, 0.05) is 0 Å². The lowest BCUT2D eigenvalue weighted by atomic mass is 10.4. The molecule has 0 bridgehead atoms. The number of aliphatic carboxylic acids is 1. The van der Waals surface area contributed by atoms with E-state index in [2.05, 4.69) is 26.1 Å². The largest absolute Gasteiger partial charge is 0.480 e. The summed E-state index contributed by atoms with van der Waals surface area (Å²) in [5, 5.41) is 16.3. The SMILES string of the molecule is CN(CC(=O)O)Cc1nnc(-c2ccc(Br)o2)o1. The van der Waals surface area contributed by atoms with E-state index in [0.29, 0.717) is 16.3 Å². The van der Waals surface area contributed by atoms with Gasteiger partial charge in [-0.3, -0.25) is 9.69 Å². The van der Waals surface area contributed by atoms with E-state index in [9.17, 15) is 4.79 Å². The van der Waals surface area contributed by atoms with E-state index >= 15 is 0 Å². The zero-order valence-electron chi connectivity index (χ0n) is 9.46. The molecule has 1 N–H and O–H groups in total. The molecule has 2 aromatic heterocycles. The third-order valence-corrected chi connectivity index (χ3v) is 2.49. The molecular formula is C10H10BrN3O4. The molecule has 2 rings (SSSR count). The van der Waals surface area contributed by atoms with Crippen LogP contribution in [0.25, 0.3) is 11.7 Å². The van der Waals surface area contributed by atoms with E-state index < -0.39 is 5.97 Å². The fraction of sp³-hybridized carbons (Fsp3) is 0.300. The molecule has 0 spiro atoms. The first-order valence-corrected chi connectivity index (χ1v) is 5.82. The van der Waals surface area contributed by atoms with Crippen molar-refractivity contribution in [3.8, 4) is 11.7 Å². The molecule has 2 heterocycles. The van der Waals surface area contributed by atoms with E-state index in [-0.39, 0.29) is 19.0 Å². The second-order valence-corrected chi connectivity index (χ2v) is 4.45. The molecule has 0 amide bonds. The summed E-state index contributed by atoms with van der Waals surface area (Å²) in [6.07, 6.45) is 0. The minimum absolute atomic E-state index is 0.0932. The molecule has 0 saturated heterocycles. The number of rotatable bonds is 5. The van der Waals surface area contributed by atoms with Gasteiger partial charge in [0.25, 0.3) is 5.89 Å². The quantitative estimate of drug-likeness (QED) is 0.895. The highest BCUT2D eigenvalue weighted by molar-refractivity contribution is 9.10. The molecule has 96 valence electrons. The number of halogens is 1. The molecule has 0 aromatic carbocycles. The van der Waals surface area contributed by atoms with Gasteiger partial charge in [-0.15, -0.1) is 10.2 Å². The molecule has 0 radical (unpaired) electrons. The van der Waals surface area contributed by atoms with Crippen molar-refractivity contribution in [1.29, 1.82) is 0 Å². The minimum Gasteiger partial charge on any atom is -0.480 e. The second kappa shape index (κ2) is 5.32. The van der Waals surface area contributed by atoms with Crippen LogP contribution in [0.3, 0.4) is 0 Å². The van der Waals surface area contributed by atoms with Crippen LogP contribution in [0, 0.1) is 0 Å². The Kier molecular flexibility index (Phi) is 3.78. The topological polar surface area (TPSA) is 92.6 Å². The van der Waals surface area contributed by atoms with Gasteiger partial charge in [0.1, 0.15) is 0 Å². The van der Waals surface area contributed by atoms with Crippen LogP contribution in [0.1, 0.15) is 5.89 Å². The Bertz CT molecular complexity index is 551. The molecule has 8 heteroatoms. The first-order chi connectivity index (χ1) is 8.54. The molecule has 2 aromatic rings. The van der Waals surface area contributed by atoms with Crippen molar-refractivity contribution in [2.45, 2.75) is 6.54 Å². The van der Waals surface area contributed by atoms with Crippen LogP contribution in [-0.2, 0) is 11.3 Å². The van der Waals surface area contributed by atoms with E-state index in [1.54, 1.807) is 24.1 Å². The number of hydrogen-bond acceptors (Lipinski definition) is 6. The normalized spacial score (nSPS) is 11.1. The summed E-state index contributed by atoms with van der Waals surface area (Å²) in [5.41, 5.74) is 0. The molecule has 18 heavy (non-hydrogen) atoms. The highest BCUT2D eigenvalue weighted by Gasteiger charge is 2.14. The summed E-state index contributed by atoms with van der Waals surface area (Å²) < 4.78 is 11.2. The summed E-state index contributed by atoms with van der Waals surface area (Å²) in [6.45, 7) is 0.172. The molecule has 7 nitrogen and oxygen atoms in total. The van der Waals surface area contributed by atoms with Crippen molar-refractivity contribution in [2.75, 3.05) is 13.6 Å². The molecule has 0 unspecified atom stereocenters. The molecule has 0 atom stereocenters. The van der Waals surface area contributed by atoms with Crippen LogP contribution >= 0.6 is 15.9 Å². The number of carboxylic acids is 1. The van der Waals surface area contributed by atoms with Gasteiger partial charge in [0.05, 0.1) is 13.1 Å². The van der Waals surface area contributed by atoms with Gasteiger partial charge in [0.15, 0.2) is 10.4 Å². The summed E-state index contributed by atoms with van der Waals surface area (Å²) in [6, 6.07) is 3.41. The summed E-state index contributed by atoms with van der Waals surface area (Å²) in [7, 11) is 1.65. The standard InChI is InChI=1S/C10H10BrN3O4/c1-14(5-9(15)16)4-8-12-13-10(18-8)6-2-3-7(11)17-6/h2-3H,4-5H2,1H3,(H,15,16). The average molecular weight is 316 g/mol. The van der Waals surface area contributed by atoms with Crippen molar-refractivity contribution in [2.24, 2.45) is 0 Å². The van der Waals surface area contributed by atoms with Gasteiger partial charge in [-0.2, -0.15) is 0 Å². The Morgan fingerprint density at radius 1 is 1.44 bits per heavy atom. The molecule has 0 fully saturated rings. The smallest absolute Gasteiger partial charge is 0.317 e. The maximum absolute atomic E-state index is 10.5. The van der Waals surface area contributed by atoms with Crippen molar-refractivity contribution in [1.82, 2.24) is 15.1 Å². The molecule has 0 aliphatic carbocycles. The number of hydrogen-bond donors (Lipinski definition) is 1. The van der Waals surface area contributed by atoms with E-state index in [0.717, 1.165) is 0 Å². The Balaban J connectivity index is 2.04. The predicted molar refractivity (Wildman–Crippen MR) is 63.7 cm³/mol. The lowest BCUT2D eigenvalue weighted by Crippen LogP contribution is -2.25. The molecule has 0 aliphatic rings. The monoisotopic (exact) mass is 315 g/mol. The third kappa shape index (κ3) is 3.17. The van der Waals surface area contributed by atoms with Gasteiger partial charge < -0.3 is 13.9 Å². The third-order valence-electron chi connectivity index (χ3n) is 2.06. The van der Waals surface area contributed by atoms with Gasteiger partial charge in [-0.05, 0) is 35.1 Å². The maximum atomic E-state index is 10.5. The van der Waals surface area contributed by atoms with Crippen molar-refractivity contribution in [3.63, 3.8) is 0 Å². The number of furan rings is 1. The zero-order valence-corrected chi connectivity index (χ0v) is 11.0. The zero-order chi connectivity index (χ0) is 13.1. The number of likely N-dealkylation sites (N-methyl/N-ethyl adjacent to an activating group) is 1. The number of nitrogens with zero attached hydrogens (tertiary/aromatic N) is 3. The fourth-order valence-electron chi connectivity index (χ4n) is 1.36. The van der Waals surface area contributed by atoms with Crippen LogP contribution in [-0.4, -0.2) is 39.8 Å². The van der Waals surface area contributed by atoms with Crippen LogP contribution < -0.4 is 0 Å². The lowest BCUT2D eigenvalue weighted by Gasteiger charge is -2.09. The lowest BCUT2D eigenvalue weighted by molar-refractivity contribution is -0.138. The summed E-state index contributed by atoms with van der Waals surface area (Å²) in [5.74, 6) is 0.148. The van der Waals surface area contributed by atoms with E-state index in [4.69, 9.17) is 13.9 Å². The first kappa shape index (κ1) is 12.8. The molecular weight excluding hydrogens is 306 g/mol. The molecule has 0 aliphatic heterocycles. The summed E-state index contributed by atoms with van der Waals surface area (Å²) in [4.78, 5) is 12.1. The Labute approximate surface area is 111 Å². The summed E-state index contributed by atoms with van der Waals surface area (Å²) >= 11 is 3.17. The van der Waals surface area contributed by atoms with Crippen LogP contribution in [0.4, 0.5) is 0 Å². The van der Waals surface area contributed by atoms with Crippen molar-refractivity contribution >= 4 is 21.9 Å². The molecule has 0 saturated carbocycles. The average Bonchev–Trinajstić information content (AvgIpc) is 2.85. The highest BCUT2D eigenvalue weighted by Crippen LogP contribution is 2.23. The Hall–Kier alpha value is -1.67. The van der Waals surface area contributed by atoms with Gasteiger partial charge in [-0.1, -0.05) is 0 Å². The number of carboxylic acid groups (broad SMARTS) is 1.